The third-order valence-corrected chi connectivity index (χ3v) is 1.60. The fourth-order valence-electron chi connectivity index (χ4n) is 0.782. The summed E-state index contributed by atoms with van der Waals surface area (Å²) < 4.78 is 0. The molecule has 0 aliphatic heterocycles. The zero-order valence-electron chi connectivity index (χ0n) is 5.92. The molecule has 4 heteroatoms. The number of nitrogens with zero attached hydrogens (tertiary/aromatic N) is 1. The molecule has 0 radical (unpaired) electrons. The largest absolute Gasteiger partial charge is 0.505 e. The first-order valence-electron chi connectivity index (χ1n) is 3.27. The van der Waals surface area contributed by atoms with Crippen molar-refractivity contribution in [3.63, 3.8) is 0 Å². The lowest BCUT2D eigenvalue weighted by molar-refractivity contribution is 0.472. The van der Waals surface area contributed by atoms with Crippen LogP contribution in [0.5, 0.6) is 5.75 Å². The van der Waals surface area contributed by atoms with Gasteiger partial charge in [-0.1, -0.05) is 11.6 Å². The molecule has 60 valence electrons. The zero-order valence-corrected chi connectivity index (χ0v) is 6.67. The molecule has 11 heavy (non-hydrogen) atoms. The monoisotopic (exact) mass is 172 g/mol. The van der Waals surface area contributed by atoms with Crippen LogP contribution in [0.4, 0.5) is 0 Å². The minimum Gasteiger partial charge on any atom is -0.505 e. The highest BCUT2D eigenvalue weighted by Gasteiger charge is 1.99. The van der Waals surface area contributed by atoms with Crippen molar-refractivity contribution in [3.8, 4) is 5.75 Å². The van der Waals surface area contributed by atoms with Crippen LogP contribution in [0.1, 0.15) is 5.56 Å². The van der Waals surface area contributed by atoms with Crippen LogP contribution in [0.15, 0.2) is 12.3 Å². The predicted molar refractivity (Wildman–Crippen MR) is 43.7 cm³/mol. The molecule has 0 unspecified atom stereocenters. The summed E-state index contributed by atoms with van der Waals surface area (Å²) in [6.07, 6.45) is 2.31. The Kier molecular flexibility index (Phi) is 2.68. The molecule has 0 aliphatic carbocycles. The highest BCUT2D eigenvalue weighted by Crippen LogP contribution is 2.20. The smallest absolute Gasteiger partial charge is 0.170 e. The Morgan fingerprint density at radius 1 is 1.64 bits per heavy atom. The van der Waals surface area contributed by atoms with E-state index >= 15 is 0 Å². The maximum atomic E-state index is 9.09. The van der Waals surface area contributed by atoms with E-state index in [0.29, 0.717) is 13.0 Å². The van der Waals surface area contributed by atoms with Crippen molar-refractivity contribution in [2.75, 3.05) is 6.54 Å². The molecule has 0 amide bonds. The average Bonchev–Trinajstić information content (AvgIpc) is 1.98. The van der Waals surface area contributed by atoms with Gasteiger partial charge in [-0.2, -0.15) is 0 Å². The normalized spacial score (nSPS) is 10.0. The first-order chi connectivity index (χ1) is 5.24. The molecule has 0 bridgehead atoms. The summed E-state index contributed by atoms with van der Waals surface area (Å²) >= 11 is 5.49. The minimum absolute atomic E-state index is 0.0117. The number of pyridine rings is 1. The minimum atomic E-state index is 0.0117. The first kappa shape index (κ1) is 8.30. The molecule has 0 aliphatic rings. The van der Waals surface area contributed by atoms with Crippen LogP contribution in [0.3, 0.4) is 0 Å². The summed E-state index contributed by atoms with van der Waals surface area (Å²) in [5.74, 6) is 0.0117. The Labute approximate surface area is 69.8 Å². The van der Waals surface area contributed by atoms with Gasteiger partial charge in [0.1, 0.15) is 0 Å². The number of halogens is 1. The van der Waals surface area contributed by atoms with E-state index in [1.807, 2.05) is 0 Å². The van der Waals surface area contributed by atoms with Gasteiger partial charge in [0.25, 0.3) is 0 Å². The van der Waals surface area contributed by atoms with Gasteiger partial charge < -0.3 is 10.8 Å². The van der Waals surface area contributed by atoms with Crippen molar-refractivity contribution in [1.82, 2.24) is 4.98 Å². The second-order valence-electron chi connectivity index (χ2n) is 2.19. The van der Waals surface area contributed by atoms with Gasteiger partial charge in [0.15, 0.2) is 10.9 Å². The lowest BCUT2D eigenvalue weighted by Crippen LogP contribution is -2.02. The topological polar surface area (TPSA) is 59.1 Å². The zero-order chi connectivity index (χ0) is 8.27. The van der Waals surface area contributed by atoms with Gasteiger partial charge in [0.05, 0.1) is 0 Å². The SMILES string of the molecule is NCCc1cnc(Cl)c(O)c1. The number of hydrogen-bond acceptors (Lipinski definition) is 3. The van der Waals surface area contributed by atoms with E-state index in [1.165, 1.54) is 0 Å². The van der Waals surface area contributed by atoms with E-state index in [9.17, 15) is 0 Å². The highest BCUT2D eigenvalue weighted by atomic mass is 35.5. The molecular weight excluding hydrogens is 164 g/mol. The van der Waals surface area contributed by atoms with E-state index in [4.69, 9.17) is 22.4 Å². The Bertz CT molecular complexity index is 252. The van der Waals surface area contributed by atoms with E-state index < -0.39 is 0 Å². The van der Waals surface area contributed by atoms with Gasteiger partial charge in [-0.15, -0.1) is 0 Å². The summed E-state index contributed by atoms with van der Waals surface area (Å²) in [5, 5.41) is 9.22. The fraction of sp³-hybridized carbons (Fsp3) is 0.286. The molecule has 0 spiro atoms. The van der Waals surface area contributed by atoms with Crippen LogP contribution < -0.4 is 5.73 Å². The van der Waals surface area contributed by atoms with Gasteiger partial charge in [0.2, 0.25) is 0 Å². The van der Waals surface area contributed by atoms with Crippen LogP contribution in [-0.4, -0.2) is 16.6 Å². The second-order valence-corrected chi connectivity index (χ2v) is 2.55. The average molecular weight is 173 g/mol. The van der Waals surface area contributed by atoms with Crippen LogP contribution in [0.2, 0.25) is 5.15 Å². The predicted octanol–water partition coefficient (Wildman–Crippen LogP) is 0.942. The van der Waals surface area contributed by atoms with Gasteiger partial charge in [-0.05, 0) is 24.6 Å². The van der Waals surface area contributed by atoms with E-state index in [2.05, 4.69) is 4.98 Å². The van der Waals surface area contributed by atoms with Crippen molar-refractivity contribution in [3.05, 3.63) is 23.0 Å². The maximum Gasteiger partial charge on any atom is 0.170 e. The molecule has 1 rings (SSSR count). The molecule has 0 saturated carbocycles. The summed E-state index contributed by atoms with van der Waals surface area (Å²) in [6, 6.07) is 1.57. The number of nitrogens with two attached hydrogens (primary N) is 1. The van der Waals surface area contributed by atoms with E-state index in [0.717, 1.165) is 5.56 Å². The third kappa shape index (κ3) is 2.06. The van der Waals surface area contributed by atoms with Gasteiger partial charge in [0, 0.05) is 6.20 Å². The van der Waals surface area contributed by atoms with Gasteiger partial charge >= 0.3 is 0 Å². The quantitative estimate of drug-likeness (QED) is 0.653. The van der Waals surface area contributed by atoms with Crippen molar-refractivity contribution < 1.29 is 5.11 Å². The maximum absolute atomic E-state index is 9.09. The van der Waals surface area contributed by atoms with Crippen LogP contribution in [-0.2, 0) is 6.42 Å². The third-order valence-electron chi connectivity index (χ3n) is 1.31. The van der Waals surface area contributed by atoms with E-state index in [1.54, 1.807) is 12.3 Å². The summed E-state index contributed by atoms with van der Waals surface area (Å²) in [7, 11) is 0. The van der Waals surface area contributed by atoms with E-state index in [-0.39, 0.29) is 10.9 Å². The highest BCUT2D eigenvalue weighted by molar-refractivity contribution is 6.30. The lowest BCUT2D eigenvalue weighted by atomic mass is 10.2. The summed E-state index contributed by atoms with van der Waals surface area (Å²) in [5.41, 5.74) is 6.20. The van der Waals surface area contributed by atoms with Crippen molar-refractivity contribution in [2.45, 2.75) is 6.42 Å². The number of aromatic hydroxyl groups is 1. The van der Waals surface area contributed by atoms with Gasteiger partial charge in [-0.25, -0.2) is 4.98 Å². The Balaban J connectivity index is 2.86. The van der Waals surface area contributed by atoms with Crippen LogP contribution >= 0.6 is 11.6 Å². The summed E-state index contributed by atoms with van der Waals surface area (Å²) in [4.78, 5) is 3.76. The lowest BCUT2D eigenvalue weighted by Gasteiger charge is -1.99. The number of aromatic nitrogens is 1. The van der Waals surface area contributed by atoms with Gasteiger partial charge in [-0.3, -0.25) is 0 Å². The van der Waals surface area contributed by atoms with Crippen molar-refractivity contribution >= 4 is 11.6 Å². The Morgan fingerprint density at radius 3 is 2.91 bits per heavy atom. The standard InChI is InChI=1S/C7H9ClN2O/c8-7-6(11)3-5(1-2-9)4-10-7/h3-4,11H,1-2,9H2. The molecule has 0 fully saturated rings. The molecule has 1 aromatic rings. The fourth-order valence-corrected chi connectivity index (χ4v) is 0.885. The Hall–Kier alpha value is -0.800. The molecular formula is C7H9ClN2O. The van der Waals surface area contributed by atoms with Crippen molar-refractivity contribution in [1.29, 1.82) is 0 Å². The Morgan fingerprint density at radius 2 is 2.36 bits per heavy atom. The number of hydrogen-bond donors (Lipinski definition) is 2. The number of rotatable bonds is 2. The van der Waals surface area contributed by atoms with Crippen molar-refractivity contribution in [2.24, 2.45) is 5.73 Å². The molecule has 1 aromatic heterocycles. The first-order valence-corrected chi connectivity index (χ1v) is 3.65. The molecule has 3 nitrogen and oxygen atoms in total. The molecule has 0 atom stereocenters. The summed E-state index contributed by atoms with van der Waals surface area (Å²) in [6.45, 7) is 0.544. The molecule has 0 saturated heterocycles. The molecule has 3 N–H and O–H groups in total. The van der Waals surface area contributed by atoms with Crippen LogP contribution in [0.25, 0.3) is 0 Å². The second kappa shape index (κ2) is 3.55. The molecule has 1 heterocycles. The van der Waals surface area contributed by atoms with Crippen LogP contribution in [0, 0.1) is 0 Å². The molecule has 0 aromatic carbocycles.